The highest BCUT2D eigenvalue weighted by Crippen LogP contribution is 2.26. The Labute approximate surface area is 167 Å². The average molecular weight is 383 g/mol. The van der Waals surface area contributed by atoms with Crippen LogP contribution in [0.4, 0.5) is 0 Å². The first-order valence-corrected chi connectivity index (χ1v) is 9.36. The van der Waals surface area contributed by atoms with Crippen molar-refractivity contribution in [3.8, 4) is 11.5 Å². The fourth-order valence-electron chi connectivity index (χ4n) is 3.50. The minimum atomic E-state index is -1.05. The molecule has 0 saturated heterocycles. The van der Waals surface area contributed by atoms with Crippen molar-refractivity contribution in [3.05, 3.63) is 59.2 Å². The molecule has 1 N–H and O–H groups in total. The molecular weight excluding hydrogens is 354 g/mol. The lowest BCUT2D eigenvalue weighted by atomic mass is 9.83. The van der Waals surface area contributed by atoms with Crippen molar-refractivity contribution in [1.29, 1.82) is 0 Å². The molecule has 0 aliphatic carbocycles. The maximum Gasteiger partial charge on any atom is 0.252 e. The van der Waals surface area contributed by atoms with Gasteiger partial charge < -0.3 is 14.8 Å². The summed E-state index contributed by atoms with van der Waals surface area (Å²) in [5.41, 5.74) is 0.689. The molecule has 0 aliphatic rings. The topological polar surface area (TPSA) is 64.6 Å². The molecule has 5 heteroatoms. The molecule has 0 heterocycles. The first kappa shape index (κ1) is 21.5. The zero-order valence-corrected chi connectivity index (χ0v) is 17.5. The summed E-state index contributed by atoms with van der Waals surface area (Å²) in [6.07, 6.45) is 0.512. The standard InChI is InChI=1S/C23H29NO4/c1-15(2)14-23(4,21(25)17-9-7-10-18(13-17)27-5)24-22(26)19-11-8-12-20(28-6)16(19)3/h7-13,15H,14H2,1-6H3,(H,24,26). The smallest absolute Gasteiger partial charge is 0.252 e. The van der Waals surface area contributed by atoms with Crippen LogP contribution in [0.1, 0.15) is 53.5 Å². The van der Waals surface area contributed by atoms with Gasteiger partial charge in [-0.2, -0.15) is 0 Å². The molecule has 2 aromatic carbocycles. The van der Waals surface area contributed by atoms with Gasteiger partial charge in [0.25, 0.3) is 5.91 Å². The number of nitrogens with one attached hydrogen (secondary N) is 1. The molecule has 2 aromatic rings. The van der Waals surface area contributed by atoms with Gasteiger partial charge in [0.2, 0.25) is 0 Å². The average Bonchev–Trinajstić information content (AvgIpc) is 2.66. The summed E-state index contributed by atoms with van der Waals surface area (Å²) in [5, 5.41) is 2.98. The van der Waals surface area contributed by atoms with E-state index in [2.05, 4.69) is 5.32 Å². The van der Waals surface area contributed by atoms with E-state index in [4.69, 9.17) is 9.47 Å². The van der Waals surface area contributed by atoms with E-state index in [1.54, 1.807) is 63.6 Å². The van der Waals surface area contributed by atoms with E-state index in [1.165, 1.54) is 0 Å². The Morgan fingerprint density at radius 1 is 1.07 bits per heavy atom. The number of carbonyl (C=O) groups excluding carboxylic acids is 2. The molecule has 5 nitrogen and oxygen atoms in total. The van der Waals surface area contributed by atoms with Crippen LogP contribution in [-0.4, -0.2) is 31.4 Å². The molecule has 0 bridgehead atoms. The summed E-state index contributed by atoms with van der Waals surface area (Å²) in [5.74, 6) is 1.01. The Morgan fingerprint density at radius 3 is 2.36 bits per heavy atom. The highest BCUT2D eigenvalue weighted by molar-refractivity contribution is 6.07. The molecule has 0 spiro atoms. The van der Waals surface area contributed by atoms with E-state index in [9.17, 15) is 9.59 Å². The first-order valence-electron chi connectivity index (χ1n) is 9.36. The number of rotatable bonds is 8. The third-order valence-corrected chi connectivity index (χ3v) is 4.79. The molecule has 28 heavy (non-hydrogen) atoms. The maximum absolute atomic E-state index is 13.4. The molecular formula is C23H29NO4. The van der Waals surface area contributed by atoms with E-state index in [1.807, 2.05) is 20.8 Å². The van der Waals surface area contributed by atoms with Gasteiger partial charge in [-0.25, -0.2) is 0 Å². The van der Waals surface area contributed by atoms with E-state index in [0.29, 0.717) is 29.0 Å². The third-order valence-electron chi connectivity index (χ3n) is 4.79. The van der Waals surface area contributed by atoms with Gasteiger partial charge in [-0.05, 0) is 50.5 Å². The third kappa shape index (κ3) is 4.71. The summed E-state index contributed by atoms with van der Waals surface area (Å²) in [4.78, 5) is 26.4. The van der Waals surface area contributed by atoms with Gasteiger partial charge in [0.15, 0.2) is 5.78 Å². The number of amides is 1. The summed E-state index contributed by atoms with van der Waals surface area (Å²) in [7, 11) is 3.13. The SMILES string of the molecule is COc1cccc(C(=O)C(C)(CC(C)C)NC(=O)c2cccc(OC)c2C)c1. The van der Waals surface area contributed by atoms with E-state index in [0.717, 1.165) is 5.56 Å². The van der Waals surface area contributed by atoms with Crippen molar-refractivity contribution in [1.82, 2.24) is 5.32 Å². The van der Waals surface area contributed by atoms with Crippen LogP contribution in [0, 0.1) is 12.8 Å². The van der Waals surface area contributed by atoms with Gasteiger partial charge in [0.1, 0.15) is 17.0 Å². The van der Waals surface area contributed by atoms with Gasteiger partial charge in [-0.1, -0.05) is 32.0 Å². The predicted molar refractivity (Wildman–Crippen MR) is 110 cm³/mol. The maximum atomic E-state index is 13.4. The number of ketones is 1. The Balaban J connectivity index is 2.39. The molecule has 0 aromatic heterocycles. The molecule has 0 fully saturated rings. The molecule has 1 amide bonds. The van der Waals surface area contributed by atoms with E-state index in [-0.39, 0.29) is 17.6 Å². The molecule has 1 atom stereocenters. The van der Waals surface area contributed by atoms with Crippen LogP contribution in [0.5, 0.6) is 11.5 Å². The Kier molecular flexibility index (Phi) is 6.84. The van der Waals surface area contributed by atoms with E-state index < -0.39 is 5.54 Å². The molecule has 0 aliphatic heterocycles. The second kappa shape index (κ2) is 8.91. The van der Waals surface area contributed by atoms with Crippen molar-refractivity contribution in [2.75, 3.05) is 14.2 Å². The summed E-state index contributed by atoms with van der Waals surface area (Å²) < 4.78 is 10.5. The quantitative estimate of drug-likeness (QED) is 0.685. The van der Waals surface area contributed by atoms with Crippen molar-refractivity contribution < 1.29 is 19.1 Å². The normalized spacial score (nSPS) is 13.0. The number of Topliss-reactive ketones (excluding diaryl/α,β-unsaturated/α-hetero) is 1. The molecule has 1 unspecified atom stereocenters. The Hall–Kier alpha value is -2.82. The second-order valence-corrected chi connectivity index (χ2v) is 7.58. The lowest BCUT2D eigenvalue weighted by Crippen LogP contribution is -2.53. The van der Waals surface area contributed by atoms with Crippen molar-refractivity contribution >= 4 is 11.7 Å². The number of hydrogen-bond acceptors (Lipinski definition) is 4. The Morgan fingerprint density at radius 2 is 1.75 bits per heavy atom. The summed E-state index contributed by atoms with van der Waals surface area (Å²) in [6.45, 7) is 7.67. The van der Waals surface area contributed by atoms with Crippen LogP contribution in [0.15, 0.2) is 42.5 Å². The molecule has 2 rings (SSSR count). The second-order valence-electron chi connectivity index (χ2n) is 7.58. The summed E-state index contributed by atoms with van der Waals surface area (Å²) in [6, 6.07) is 12.3. The van der Waals surface area contributed by atoms with Gasteiger partial charge >= 0.3 is 0 Å². The van der Waals surface area contributed by atoms with Crippen LogP contribution < -0.4 is 14.8 Å². The lowest BCUT2D eigenvalue weighted by Gasteiger charge is -2.31. The summed E-state index contributed by atoms with van der Waals surface area (Å²) >= 11 is 0. The predicted octanol–water partition coefficient (Wildman–Crippen LogP) is 4.43. The van der Waals surface area contributed by atoms with E-state index >= 15 is 0 Å². The van der Waals surface area contributed by atoms with Gasteiger partial charge in [0, 0.05) is 16.7 Å². The van der Waals surface area contributed by atoms with Crippen LogP contribution in [0.25, 0.3) is 0 Å². The number of methoxy groups -OCH3 is 2. The largest absolute Gasteiger partial charge is 0.497 e. The first-order chi connectivity index (χ1) is 13.2. The van der Waals surface area contributed by atoms with Crippen molar-refractivity contribution in [3.63, 3.8) is 0 Å². The van der Waals surface area contributed by atoms with Crippen molar-refractivity contribution in [2.24, 2.45) is 5.92 Å². The zero-order chi connectivity index (χ0) is 20.9. The van der Waals surface area contributed by atoms with Gasteiger partial charge in [-0.15, -0.1) is 0 Å². The highest BCUT2D eigenvalue weighted by atomic mass is 16.5. The molecule has 150 valence electrons. The van der Waals surface area contributed by atoms with Crippen LogP contribution in [0.3, 0.4) is 0 Å². The van der Waals surface area contributed by atoms with Crippen LogP contribution >= 0.6 is 0 Å². The highest BCUT2D eigenvalue weighted by Gasteiger charge is 2.36. The minimum Gasteiger partial charge on any atom is -0.497 e. The molecule has 0 radical (unpaired) electrons. The van der Waals surface area contributed by atoms with Crippen molar-refractivity contribution in [2.45, 2.75) is 39.7 Å². The monoisotopic (exact) mass is 383 g/mol. The van der Waals surface area contributed by atoms with Crippen LogP contribution in [-0.2, 0) is 0 Å². The Bertz CT molecular complexity index is 859. The van der Waals surface area contributed by atoms with Gasteiger partial charge in [-0.3, -0.25) is 9.59 Å². The zero-order valence-electron chi connectivity index (χ0n) is 17.5. The lowest BCUT2D eigenvalue weighted by molar-refractivity contribution is 0.0758. The van der Waals surface area contributed by atoms with Crippen LogP contribution in [0.2, 0.25) is 0 Å². The fraction of sp³-hybridized carbons (Fsp3) is 0.391. The number of ether oxygens (including phenoxy) is 2. The fourth-order valence-corrected chi connectivity index (χ4v) is 3.50. The number of hydrogen-bond donors (Lipinski definition) is 1. The minimum absolute atomic E-state index is 0.144. The molecule has 0 saturated carbocycles. The van der Waals surface area contributed by atoms with Gasteiger partial charge in [0.05, 0.1) is 14.2 Å². The number of benzene rings is 2. The number of carbonyl (C=O) groups is 2.